The number of hydrogen-bond acceptors (Lipinski definition) is 4. The van der Waals surface area contributed by atoms with E-state index in [4.69, 9.17) is 9.72 Å². The summed E-state index contributed by atoms with van der Waals surface area (Å²) < 4.78 is 5.50. The van der Waals surface area contributed by atoms with Gasteiger partial charge in [0, 0.05) is 50.3 Å². The van der Waals surface area contributed by atoms with Gasteiger partial charge in [-0.05, 0) is 38.0 Å². The van der Waals surface area contributed by atoms with E-state index in [1.165, 1.54) is 18.2 Å². The summed E-state index contributed by atoms with van der Waals surface area (Å²) in [5.41, 5.74) is 1.09. The molecule has 0 amide bonds. The average molecular weight is 311 g/mol. The van der Waals surface area contributed by atoms with Crippen molar-refractivity contribution < 1.29 is 4.74 Å². The minimum absolute atomic E-state index is 0.500. The molecule has 2 saturated heterocycles. The van der Waals surface area contributed by atoms with Crippen molar-refractivity contribution in [1.82, 2.24) is 9.88 Å². The second-order valence-corrected chi connectivity index (χ2v) is 6.74. The number of rotatable bonds is 2. The van der Waals surface area contributed by atoms with Crippen molar-refractivity contribution in [3.63, 3.8) is 0 Å². The predicted octanol–water partition coefficient (Wildman–Crippen LogP) is 2.92. The molecule has 1 atom stereocenters. The van der Waals surface area contributed by atoms with Gasteiger partial charge in [0.25, 0.3) is 0 Å². The van der Waals surface area contributed by atoms with Crippen LogP contribution in [0.2, 0.25) is 0 Å². The maximum Gasteiger partial charge on any atom is 0.129 e. The van der Waals surface area contributed by atoms with E-state index in [2.05, 4.69) is 53.1 Å². The molecule has 4 rings (SSSR count). The normalized spacial score (nSPS) is 24.2. The Hall–Kier alpha value is -1.65. The second kappa shape index (κ2) is 6.46. The minimum atomic E-state index is 0.500. The molecule has 4 heteroatoms. The number of nitrogens with zero attached hydrogens (tertiary/aromatic N) is 3. The second-order valence-electron chi connectivity index (χ2n) is 6.74. The fraction of sp³-hybridized carbons (Fsp3) is 0.526. The highest BCUT2D eigenvalue weighted by atomic mass is 16.5. The maximum atomic E-state index is 5.50. The summed E-state index contributed by atoms with van der Waals surface area (Å²) in [4.78, 5) is 9.99. The average Bonchev–Trinajstić information content (AvgIpc) is 2.62. The van der Waals surface area contributed by atoms with Gasteiger partial charge in [-0.1, -0.05) is 18.2 Å². The first-order chi connectivity index (χ1) is 11.3. The van der Waals surface area contributed by atoms with Gasteiger partial charge < -0.3 is 9.64 Å². The van der Waals surface area contributed by atoms with Crippen LogP contribution >= 0.6 is 0 Å². The van der Waals surface area contributed by atoms with E-state index in [-0.39, 0.29) is 0 Å². The first-order valence-electron chi connectivity index (χ1n) is 8.75. The Bertz CT molecular complexity index is 668. The van der Waals surface area contributed by atoms with Crippen LogP contribution in [0.3, 0.4) is 0 Å². The summed E-state index contributed by atoms with van der Waals surface area (Å²) in [6.07, 6.45) is 2.36. The van der Waals surface area contributed by atoms with E-state index < -0.39 is 0 Å². The molecular weight excluding hydrogens is 286 g/mol. The van der Waals surface area contributed by atoms with Crippen LogP contribution < -0.4 is 4.90 Å². The van der Waals surface area contributed by atoms with Crippen LogP contribution in [0, 0.1) is 0 Å². The van der Waals surface area contributed by atoms with Gasteiger partial charge in [0.1, 0.15) is 5.82 Å². The van der Waals surface area contributed by atoms with Crippen molar-refractivity contribution in [3.05, 3.63) is 36.4 Å². The highest BCUT2D eigenvalue weighted by Crippen LogP contribution is 2.24. The van der Waals surface area contributed by atoms with Crippen molar-refractivity contribution in [1.29, 1.82) is 0 Å². The molecule has 4 nitrogen and oxygen atoms in total. The van der Waals surface area contributed by atoms with Crippen molar-refractivity contribution in [2.75, 3.05) is 37.7 Å². The van der Waals surface area contributed by atoms with E-state index in [9.17, 15) is 0 Å². The fourth-order valence-corrected chi connectivity index (χ4v) is 3.92. The first kappa shape index (κ1) is 14.9. The van der Waals surface area contributed by atoms with E-state index in [1.807, 2.05) is 0 Å². The smallest absolute Gasteiger partial charge is 0.129 e. The molecule has 0 radical (unpaired) electrons. The standard InChI is InChI=1S/C19H25N3O/c1-15-14-21(17-8-12-23-13-9-17)10-11-22(15)19-7-6-16-4-2-3-5-18(16)20-19/h2-7,15,17H,8-14H2,1H3/t15-/m1/s1. The SMILES string of the molecule is C[C@@H]1CN(C2CCOCC2)CCN1c1ccc2ccccc2n1. The molecule has 0 unspecified atom stereocenters. The Morgan fingerprint density at radius 1 is 1.04 bits per heavy atom. The number of pyridine rings is 1. The summed E-state index contributed by atoms with van der Waals surface area (Å²) in [6.45, 7) is 7.48. The molecule has 122 valence electrons. The van der Waals surface area contributed by atoms with Crippen LogP contribution in [-0.4, -0.2) is 54.8 Å². The zero-order chi connectivity index (χ0) is 15.6. The zero-order valence-electron chi connectivity index (χ0n) is 13.8. The van der Waals surface area contributed by atoms with Crippen LogP contribution in [0.4, 0.5) is 5.82 Å². The van der Waals surface area contributed by atoms with Crippen LogP contribution in [0.15, 0.2) is 36.4 Å². The Morgan fingerprint density at radius 3 is 2.70 bits per heavy atom. The van der Waals surface area contributed by atoms with E-state index in [1.54, 1.807) is 0 Å². The molecule has 0 saturated carbocycles. The molecular formula is C19H25N3O. The lowest BCUT2D eigenvalue weighted by atomic mass is 10.0. The summed E-state index contributed by atoms with van der Waals surface area (Å²) in [5, 5.41) is 1.21. The highest BCUT2D eigenvalue weighted by molar-refractivity contribution is 5.80. The van der Waals surface area contributed by atoms with Crippen LogP contribution in [0.1, 0.15) is 19.8 Å². The van der Waals surface area contributed by atoms with Gasteiger partial charge in [0.15, 0.2) is 0 Å². The lowest BCUT2D eigenvalue weighted by Gasteiger charge is -2.44. The Kier molecular flexibility index (Phi) is 4.19. The van der Waals surface area contributed by atoms with Gasteiger partial charge >= 0.3 is 0 Å². The maximum absolute atomic E-state index is 5.50. The van der Waals surface area contributed by atoms with Gasteiger partial charge in [-0.3, -0.25) is 4.90 Å². The largest absolute Gasteiger partial charge is 0.381 e. The van der Waals surface area contributed by atoms with Crippen LogP contribution in [0.5, 0.6) is 0 Å². The van der Waals surface area contributed by atoms with Gasteiger partial charge in [0.2, 0.25) is 0 Å². The summed E-state index contributed by atoms with van der Waals surface area (Å²) >= 11 is 0. The molecule has 3 heterocycles. The molecule has 0 N–H and O–H groups in total. The third-order valence-electron chi connectivity index (χ3n) is 5.24. The summed E-state index contributed by atoms with van der Waals surface area (Å²) in [6, 6.07) is 13.9. The topological polar surface area (TPSA) is 28.6 Å². The molecule has 23 heavy (non-hydrogen) atoms. The Balaban J connectivity index is 1.49. The number of aromatic nitrogens is 1. The van der Waals surface area contributed by atoms with E-state index in [0.717, 1.165) is 44.2 Å². The lowest BCUT2D eigenvalue weighted by molar-refractivity contribution is 0.0279. The van der Waals surface area contributed by atoms with Crippen molar-refractivity contribution in [2.45, 2.75) is 31.8 Å². The van der Waals surface area contributed by atoms with Crippen LogP contribution in [0.25, 0.3) is 10.9 Å². The third-order valence-corrected chi connectivity index (χ3v) is 5.24. The zero-order valence-corrected chi connectivity index (χ0v) is 13.8. The Morgan fingerprint density at radius 2 is 1.87 bits per heavy atom. The lowest BCUT2D eigenvalue weighted by Crippen LogP contribution is -2.56. The van der Waals surface area contributed by atoms with Crippen LogP contribution in [-0.2, 0) is 4.74 Å². The molecule has 1 aromatic heterocycles. The number of anilines is 1. The van der Waals surface area contributed by atoms with E-state index >= 15 is 0 Å². The number of fused-ring (bicyclic) bond motifs is 1. The number of para-hydroxylation sites is 1. The molecule has 2 aliphatic heterocycles. The number of piperazine rings is 1. The molecule has 0 bridgehead atoms. The monoisotopic (exact) mass is 311 g/mol. The summed E-state index contributed by atoms with van der Waals surface area (Å²) in [5.74, 6) is 1.11. The van der Waals surface area contributed by atoms with Gasteiger partial charge in [0.05, 0.1) is 5.52 Å². The predicted molar refractivity (Wildman–Crippen MR) is 94.0 cm³/mol. The van der Waals surface area contributed by atoms with Gasteiger partial charge in [-0.2, -0.15) is 0 Å². The molecule has 1 aromatic carbocycles. The third kappa shape index (κ3) is 3.06. The molecule has 2 fully saturated rings. The number of hydrogen-bond donors (Lipinski definition) is 0. The Labute approximate surface area is 138 Å². The summed E-state index contributed by atoms with van der Waals surface area (Å²) in [7, 11) is 0. The molecule has 2 aromatic rings. The first-order valence-corrected chi connectivity index (χ1v) is 8.75. The number of benzene rings is 1. The highest BCUT2D eigenvalue weighted by Gasteiger charge is 2.29. The van der Waals surface area contributed by atoms with Crippen molar-refractivity contribution >= 4 is 16.7 Å². The minimum Gasteiger partial charge on any atom is -0.381 e. The number of ether oxygens (including phenoxy) is 1. The molecule has 0 spiro atoms. The van der Waals surface area contributed by atoms with Crippen molar-refractivity contribution in [2.24, 2.45) is 0 Å². The quantitative estimate of drug-likeness (QED) is 0.852. The fourth-order valence-electron chi connectivity index (χ4n) is 3.92. The van der Waals surface area contributed by atoms with Crippen molar-refractivity contribution in [3.8, 4) is 0 Å². The van der Waals surface area contributed by atoms with Gasteiger partial charge in [-0.15, -0.1) is 0 Å². The van der Waals surface area contributed by atoms with E-state index in [0.29, 0.717) is 12.1 Å². The van der Waals surface area contributed by atoms with Gasteiger partial charge in [-0.25, -0.2) is 4.98 Å². The molecule has 0 aliphatic carbocycles. The molecule has 2 aliphatic rings.